The Hall–Kier alpha value is -0.770. The molecule has 4 atom stereocenters. The quantitative estimate of drug-likeness (QED) is 0.876. The normalized spacial score (nSPS) is 27.5. The SMILES string of the molecule is CCC1CC(C(=O)O)C(C(O)c2cc(Cl)ccc2Cl)C1. The van der Waals surface area contributed by atoms with Gasteiger partial charge in [0.1, 0.15) is 0 Å². The first kappa shape index (κ1) is 15.6. The second-order valence-corrected chi connectivity index (χ2v) is 6.31. The first-order valence-electron chi connectivity index (χ1n) is 6.79. The molecule has 4 unspecified atom stereocenters. The number of rotatable bonds is 4. The van der Waals surface area contributed by atoms with Gasteiger partial charge in [-0.15, -0.1) is 0 Å². The van der Waals surface area contributed by atoms with Crippen LogP contribution >= 0.6 is 23.2 Å². The fourth-order valence-electron chi connectivity index (χ4n) is 3.12. The van der Waals surface area contributed by atoms with Crippen LogP contribution in [0.15, 0.2) is 18.2 Å². The van der Waals surface area contributed by atoms with E-state index in [1.54, 1.807) is 18.2 Å². The minimum absolute atomic E-state index is 0.312. The van der Waals surface area contributed by atoms with Crippen LogP contribution in [0.5, 0.6) is 0 Å². The number of carboxylic acid groups (broad SMARTS) is 1. The number of aliphatic carboxylic acids is 1. The molecule has 0 saturated heterocycles. The molecule has 110 valence electrons. The third-order valence-electron chi connectivity index (χ3n) is 4.29. The van der Waals surface area contributed by atoms with E-state index >= 15 is 0 Å². The molecule has 0 spiro atoms. The summed E-state index contributed by atoms with van der Waals surface area (Å²) >= 11 is 12.0. The lowest BCUT2D eigenvalue weighted by Gasteiger charge is -2.23. The van der Waals surface area contributed by atoms with Crippen molar-refractivity contribution in [3.63, 3.8) is 0 Å². The van der Waals surface area contributed by atoms with E-state index in [9.17, 15) is 15.0 Å². The van der Waals surface area contributed by atoms with Crippen LogP contribution in [0, 0.1) is 17.8 Å². The molecule has 0 amide bonds. The fraction of sp³-hybridized carbons (Fsp3) is 0.533. The lowest BCUT2D eigenvalue weighted by atomic mass is 9.87. The third-order valence-corrected chi connectivity index (χ3v) is 4.87. The molecule has 2 N–H and O–H groups in total. The molecule has 1 aliphatic rings. The van der Waals surface area contributed by atoms with Crippen LogP contribution in [0.2, 0.25) is 10.0 Å². The Balaban J connectivity index is 2.28. The smallest absolute Gasteiger partial charge is 0.306 e. The number of aliphatic hydroxyl groups is 1. The molecule has 1 aliphatic carbocycles. The number of aliphatic hydroxyl groups excluding tert-OH is 1. The molecule has 1 saturated carbocycles. The summed E-state index contributed by atoms with van der Waals surface area (Å²) in [6, 6.07) is 4.90. The van der Waals surface area contributed by atoms with Crippen LogP contribution in [0.25, 0.3) is 0 Å². The Morgan fingerprint density at radius 2 is 2.10 bits per heavy atom. The summed E-state index contributed by atoms with van der Waals surface area (Å²) in [6.07, 6.45) is 1.36. The number of carbonyl (C=O) groups is 1. The zero-order chi connectivity index (χ0) is 14.9. The Bertz CT molecular complexity index is 504. The number of hydrogen-bond acceptors (Lipinski definition) is 2. The van der Waals surface area contributed by atoms with Gasteiger partial charge in [0.15, 0.2) is 0 Å². The Labute approximate surface area is 128 Å². The molecule has 3 nitrogen and oxygen atoms in total. The highest BCUT2D eigenvalue weighted by Crippen LogP contribution is 2.46. The van der Waals surface area contributed by atoms with Crippen molar-refractivity contribution in [1.82, 2.24) is 0 Å². The van der Waals surface area contributed by atoms with Crippen molar-refractivity contribution in [3.05, 3.63) is 33.8 Å². The minimum atomic E-state index is -0.890. The number of halogens is 2. The summed E-state index contributed by atoms with van der Waals surface area (Å²) in [6.45, 7) is 2.05. The zero-order valence-corrected chi connectivity index (χ0v) is 12.7. The standard InChI is InChI=1S/C15H18Cl2O3/c1-2-8-5-10(11(6-8)15(19)20)14(18)12-7-9(16)3-4-13(12)17/h3-4,7-8,10-11,14,18H,2,5-6H2,1H3,(H,19,20). The lowest BCUT2D eigenvalue weighted by Crippen LogP contribution is -2.24. The van der Waals surface area contributed by atoms with Crippen molar-refractivity contribution in [1.29, 1.82) is 0 Å². The molecule has 1 fully saturated rings. The molecule has 1 aromatic carbocycles. The summed E-state index contributed by atoms with van der Waals surface area (Å²) in [5.41, 5.74) is 0.521. The van der Waals surface area contributed by atoms with Gasteiger partial charge in [0.2, 0.25) is 0 Å². The van der Waals surface area contributed by atoms with Crippen LogP contribution in [0.3, 0.4) is 0 Å². The third kappa shape index (κ3) is 3.11. The average molecular weight is 317 g/mol. The van der Waals surface area contributed by atoms with Gasteiger partial charge >= 0.3 is 5.97 Å². The minimum Gasteiger partial charge on any atom is -0.481 e. The summed E-state index contributed by atoms with van der Waals surface area (Å²) in [4.78, 5) is 11.4. The Morgan fingerprint density at radius 1 is 1.40 bits per heavy atom. The topological polar surface area (TPSA) is 57.5 Å². The van der Waals surface area contributed by atoms with E-state index in [0.29, 0.717) is 34.4 Å². The van der Waals surface area contributed by atoms with E-state index in [1.165, 1.54) is 0 Å². The second kappa shape index (κ2) is 6.33. The van der Waals surface area contributed by atoms with Crippen molar-refractivity contribution in [2.75, 3.05) is 0 Å². The van der Waals surface area contributed by atoms with Gasteiger partial charge in [-0.2, -0.15) is 0 Å². The molecule has 0 aliphatic heterocycles. The van der Waals surface area contributed by atoms with E-state index in [-0.39, 0.29) is 5.92 Å². The van der Waals surface area contributed by atoms with Crippen LogP contribution in [0.4, 0.5) is 0 Å². The molecule has 0 aromatic heterocycles. The van der Waals surface area contributed by atoms with Gasteiger partial charge in [-0.05, 0) is 37.0 Å². The van der Waals surface area contributed by atoms with Crippen LogP contribution in [-0.4, -0.2) is 16.2 Å². The van der Waals surface area contributed by atoms with Crippen molar-refractivity contribution >= 4 is 29.2 Å². The fourth-order valence-corrected chi connectivity index (χ4v) is 3.53. The molecule has 20 heavy (non-hydrogen) atoms. The maximum absolute atomic E-state index is 11.4. The summed E-state index contributed by atoms with van der Waals surface area (Å²) in [7, 11) is 0. The summed E-state index contributed by atoms with van der Waals surface area (Å²) < 4.78 is 0. The lowest BCUT2D eigenvalue weighted by molar-refractivity contribution is -0.144. The van der Waals surface area contributed by atoms with Crippen molar-refractivity contribution < 1.29 is 15.0 Å². The molecule has 1 aromatic rings. The number of carboxylic acids is 1. The van der Waals surface area contributed by atoms with E-state index < -0.39 is 18.0 Å². The van der Waals surface area contributed by atoms with Crippen molar-refractivity contribution in [2.24, 2.45) is 17.8 Å². The Morgan fingerprint density at radius 3 is 2.70 bits per heavy atom. The molecular weight excluding hydrogens is 299 g/mol. The monoisotopic (exact) mass is 316 g/mol. The number of hydrogen-bond donors (Lipinski definition) is 2. The highest BCUT2D eigenvalue weighted by atomic mass is 35.5. The number of benzene rings is 1. The highest BCUT2D eigenvalue weighted by Gasteiger charge is 2.42. The molecular formula is C15H18Cl2O3. The van der Waals surface area contributed by atoms with Crippen LogP contribution in [-0.2, 0) is 4.79 Å². The van der Waals surface area contributed by atoms with Gasteiger partial charge in [-0.1, -0.05) is 36.5 Å². The highest BCUT2D eigenvalue weighted by molar-refractivity contribution is 6.33. The van der Waals surface area contributed by atoms with Gasteiger partial charge in [-0.25, -0.2) is 0 Å². The summed E-state index contributed by atoms with van der Waals surface area (Å²) in [5.74, 6) is -1.34. The Kier molecular flexibility index (Phi) is 4.95. The van der Waals surface area contributed by atoms with Crippen molar-refractivity contribution in [2.45, 2.75) is 32.3 Å². The molecule has 2 rings (SSSR count). The van der Waals surface area contributed by atoms with Gasteiger partial charge in [0.05, 0.1) is 12.0 Å². The van der Waals surface area contributed by atoms with Crippen LogP contribution in [0.1, 0.15) is 37.9 Å². The maximum atomic E-state index is 11.4. The van der Waals surface area contributed by atoms with Crippen molar-refractivity contribution in [3.8, 4) is 0 Å². The molecule has 0 bridgehead atoms. The molecule has 5 heteroatoms. The maximum Gasteiger partial charge on any atom is 0.306 e. The van der Waals surface area contributed by atoms with Gasteiger partial charge in [-0.3, -0.25) is 4.79 Å². The largest absolute Gasteiger partial charge is 0.481 e. The predicted molar refractivity (Wildman–Crippen MR) is 79.1 cm³/mol. The molecule has 0 radical (unpaired) electrons. The van der Waals surface area contributed by atoms with E-state index in [0.717, 1.165) is 6.42 Å². The van der Waals surface area contributed by atoms with Gasteiger partial charge in [0.25, 0.3) is 0 Å². The van der Waals surface area contributed by atoms with Crippen LogP contribution < -0.4 is 0 Å². The summed E-state index contributed by atoms with van der Waals surface area (Å²) in [5, 5.41) is 20.8. The second-order valence-electron chi connectivity index (χ2n) is 5.46. The van der Waals surface area contributed by atoms with E-state index in [1.807, 2.05) is 6.92 Å². The zero-order valence-electron chi connectivity index (χ0n) is 11.2. The van der Waals surface area contributed by atoms with E-state index in [4.69, 9.17) is 23.2 Å². The van der Waals surface area contributed by atoms with E-state index in [2.05, 4.69) is 0 Å². The first-order valence-corrected chi connectivity index (χ1v) is 7.55. The average Bonchev–Trinajstić information content (AvgIpc) is 2.85. The molecule has 0 heterocycles. The van der Waals surface area contributed by atoms with Gasteiger partial charge < -0.3 is 10.2 Å². The first-order chi connectivity index (χ1) is 9.43. The van der Waals surface area contributed by atoms with Gasteiger partial charge in [0, 0.05) is 21.5 Å². The predicted octanol–water partition coefficient (Wildman–Crippen LogP) is 4.16.